The van der Waals surface area contributed by atoms with Crippen LogP contribution < -0.4 is 0 Å². The molecule has 0 spiro atoms. The van der Waals surface area contributed by atoms with Crippen molar-refractivity contribution in [3.8, 4) is 0 Å². The molecule has 0 aromatic carbocycles. The van der Waals surface area contributed by atoms with Crippen molar-refractivity contribution in [2.75, 3.05) is 19.8 Å². The Bertz CT molecular complexity index is 748. The number of carbonyl (C=O) groups is 1. The van der Waals surface area contributed by atoms with Gasteiger partial charge in [-0.05, 0) is 6.92 Å². The number of carbonyl (C=O) groups excluding carboxylic acids is 1. The molecule has 2 aromatic heterocycles. The number of nitrogens with zero attached hydrogens (tertiary/aromatic N) is 5. The lowest BCUT2D eigenvalue weighted by Crippen LogP contribution is -2.44. The maximum atomic E-state index is 12.9. The van der Waals surface area contributed by atoms with Gasteiger partial charge in [0.15, 0.2) is 5.69 Å². The molecule has 1 aliphatic rings. The van der Waals surface area contributed by atoms with Gasteiger partial charge in [-0.2, -0.15) is 0 Å². The fourth-order valence-corrected chi connectivity index (χ4v) is 2.58. The lowest BCUT2D eigenvalue weighted by molar-refractivity contribution is -0.0110. The second-order valence-electron chi connectivity index (χ2n) is 5.84. The molecule has 1 amide bonds. The van der Waals surface area contributed by atoms with Gasteiger partial charge in [-0.1, -0.05) is 25.4 Å². The van der Waals surface area contributed by atoms with Gasteiger partial charge in [0.2, 0.25) is 11.8 Å². The summed E-state index contributed by atoms with van der Waals surface area (Å²) in [5.41, 5.74) is 0.166. The molecular formula is C15H18ClN5O3. The first-order valence-electron chi connectivity index (χ1n) is 7.68. The summed E-state index contributed by atoms with van der Waals surface area (Å²) in [5.74, 6) is 1.17. The topological polar surface area (TPSA) is 94.2 Å². The summed E-state index contributed by atoms with van der Waals surface area (Å²) in [4.78, 5) is 22.7. The number of hydrogen-bond acceptors (Lipinski definition) is 7. The van der Waals surface area contributed by atoms with Crippen LogP contribution in [0.3, 0.4) is 0 Å². The predicted octanol–water partition coefficient (Wildman–Crippen LogP) is 2.16. The van der Waals surface area contributed by atoms with E-state index < -0.39 is 6.04 Å². The van der Waals surface area contributed by atoms with Gasteiger partial charge < -0.3 is 14.1 Å². The molecule has 1 aliphatic heterocycles. The Morgan fingerprint density at radius 1 is 1.42 bits per heavy atom. The van der Waals surface area contributed by atoms with Crippen LogP contribution in [0.25, 0.3) is 0 Å². The van der Waals surface area contributed by atoms with Gasteiger partial charge in [0, 0.05) is 12.5 Å². The molecule has 0 bridgehead atoms. The Labute approximate surface area is 144 Å². The van der Waals surface area contributed by atoms with E-state index >= 15 is 0 Å². The number of aryl methyl sites for hydroxylation is 1. The van der Waals surface area contributed by atoms with Crippen molar-refractivity contribution in [3.05, 3.63) is 34.5 Å². The van der Waals surface area contributed by atoms with Crippen LogP contribution in [0.1, 0.15) is 53.9 Å². The number of ether oxygens (including phenoxy) is 1. The zero-order valence-corrected chi connectivity index (χ0v) is 14.4. The van der Waals surface area contributed by atoms with E-state index in [2.05, 4.69) is 20.2 Å². The minimum absolute atomic E-state index is 0.110. The van der Waals surface area contributed by atoms with Crippen molar-refractivity contribution in [1.82, 2.24) is 25.1 Å². The lowest BCUT2D eigenvalue weighted by Gasteiger charge is -2.33. The molecule has 8 nitrogen and oxygen atoms in total. The van der Waals surface area contributed by atoms with E-state index in [1.54, 1.807) is 11.8 Å². The first-order chi connectivity index (χ1) is 11.5. The van der Waals surface area contributed by atoms with Crippen LogP contribution >= 0.6 is 11.6 Å². The molecule has 9 heteroatoms. The monoisotopic (exact) mass is 351 g/mol. The van der Waals surface area contributed by atoms with E-state index in [9.17, 15) is 4.79 Å². The summed E-state index contributed by atoms with van der Waals surface area (Å²) in [5, 5.41) is 8.31. The van der Waals surface area contributed by atoms with Gasteiger partial charge in [-0.3, -0.25) is 4.79 Å². The Morgan fingerprint density at radius 3 is 2.92 bits per heavy atom. The maximum Gasteiger partial charge on any atom is 0.274 e. The van der Waals surface area contributed by atoms with Gasteiger partial charge in [0.25, 0.3) is 5.91 Å². The Kier molecular flexibility index (Phi) is 4.77. The standard InChI is InChI=1S/C15H18ClN5O3/c1-8(2)13-19-20-14(24-13)11-7-23-5-4-21(11)15(22)12-10(16)6-17-9(3)18-12/h6,8,11H,4-5,7H2,1-3H3. The fourth-order valence-electron chi connectivity index (χ4n) is 2.41. The Morgan fingerprint density at radius 2 is 2.21 bits per heavy atom. The molecule has 1 saturated heterocycles. The van der Waals surface area contributed by atoms with E-state index in [1.807, 2.05) is 13.8 Å². The van der Waals surface area contributed by atoms with Gasteiger partial charge in [0.05, 0.1) is 24.4 Å². The normalized spacial score (nSPS) is 18.2. The average molecular weight is 352 g/mol. The van der Waals surface area contributed by atoms with Crippen molar-refractivity contribution in [1.29, 1.82) is 0 Å². The number of aromatic nitrogens is 4. The van der Waals surface area contributed by atoms with Crippen LogP contribution in [0, 0.1) is 6.92 Å². The van der Waals surface area contributed by atoms with Crippen LogP contribution in [-0.4, -0.2) is 50.7 Å². The number of hydrogen-bond donors (Lipinski definition) is 0. The highest BCUT2D eigenvalue weighted by Gasteiger charge is 2.35. The highest BCUT2D eigenvalue weighted by Crippen LogP contribution is 2.27. The number of amides is 1. The smallest absolute Gasteiger partial charge is 0.274 e. The molecule has 1 unspecified atom stereocenters. The van der Waals surface area contributed by atoms with Gasteiger partial charge in [-0.25, -0.2) is 9.97 Å². The van der Waals surface area contributed by atoms with Crippen LogP contribution in [0.4, 0.5) is 0 Å². The van der Waals surface area contributed by atoms with E-state index in [4.69, 9.17) is 20.8 Å². The summed E-state index contributed by atoms with van der Waals surface area (Å²) >= 11 is 6.09. The number of halogens is 1. The molecule has 24 heavy (non-hydrogen) atoms. The van der Waals surface area contributed by atoms with E-state index in [-0.39, 0.29) is 29.1 Å². The van der Waals surface area contributed by atoms with Crippen LogP contribution in [0.15, 0.2) is 10.6 Å². The average Bonchev–Trinajstić information content (AvgIpc) is 3.06. The second-order valence-corrected chi connectivity index (χ2v) is 6.24. The van der Waals surface area contributed by atoms with Crippen molar-refractivity contribution >= 4 is 17.5 Å². The van der Waals surface area contributed by atoms with Crippen molar-refractivity contribution in [2.45, 2.75) is 32.7 Å². The van der Waals surface area contributed by atoms with Crippen LogP contribution in [0.5, 0.6) is 0 Å². The third kappa shape index (κ3) is 3.25. The van der Waals surface area contributed by atoms with Crippen LogP contribution in [-0.2, 0) is 4.74 Å². The first kappa shape index (κ1) is 16.8. The zero-order valence-electron chi connectivity index (χ0n) is 13.7. The maximum absolute atomic E-state index is 12.9. The molecule has 2 aromatic rings. The number of rotatable bonds is 3. The highest BCUT2D eigenvalue weighted by atomic mass is 35.5. The minimum Gasteiger partial charge on any atom is -0.423 e. The van der Waals surface area contributed by atoms with E-state index in [1.165, 1.54) is 6.20 Å². The highest BCUT2D eigenvalue weighted by molar-refractivity contribution is 6.33. The second kappa shape index (κ2) is 6.82. The molecule has 3 heterocycles. The summed E-state index contributed by atoms with van der Waals surface area (Å²) in [7, 11) is 0. The van der Waals surface area contributed by atoms with E-state index in [0.29, 0.717) is 30.8 Å². The Balaban J connectivity index is 1.91. The summed E-state index contributed by atoms with van der Waals surface area (Å²) in [6.45, 7) is 6.73. The summed E-state index contributed by atoms with van der Waals surface area (Å²) in [6, 6.07) is -0.461. The largest absolute Gasteiger partial charge is 0.423 e. The van der Waals surface area contributed by atoms with Gasteiger partial charge >= 0.3 is 0 Å². The Hall–Kier alpha value is -2.06. The lowest BCUT2D eigenvalue weighted by atomic mass is 10.2. The van der Waals surface area contributed by atoms with Gasteiger partial charge in [-0.15, -0.1) is 10.2 Å². The minimum atomic E-state index is -0.461. The SMILES string of the molecule is Cc1ncc(Cl)c(C(=O)N2CCOCC2c2nnc(C(C)C)o2)n1. The quantitative estimate of drug-likeness (QED) is 0.836. The van der Waals surface area contributed by atoms with E-state index in [0.717, 1.165) is 0 Å². The molecule has 0 N–H and O–H groups in total. The molecule has 128 valence electrons. The third-order valence-corrected chi connectivity index (χ3v) is 3.97. The van der Waals surface area contributed by atoms with Crippen molar-refractivity contribution < 1.29 is 13.9 Å². The molecule has 0 radical (unpaired) electrons. The van der Waals surface area contributed by atoms with Crippen molar-refractivity contribution in [3.63, 3.8) is 0 Å². The molecular weight excluding hydrogens is 334 g/mol. The van der Waals surface area contributed by atoms with Gasteiger partial charge in [0.1, 0.15) is 11.9 Å². The molecule has 3 rings (SSSR count). The molecule has 1 atom stereocenters. The van der Waals surface area contributed by atoms with Crippen LogP contribution in [0.2, 0.25) is 5.02 Å². The zero-order chi connectivity index (χ0) is 17.3. The predicted molar refractivity (Wildman–Crippen MR) is 84.8 cm³/mol. The third-order valence-electron chi connectivity index (χ3n) is 3.69. The fraction of sp³-hybridized carbons (Fsp3) is 0.533. The molecule has 1 fully saturated rings. The summed E-state index contributed by atoms with van der Waals surface area (Å²) in [6.07, 6.45) is 1.43. The van der Waals surface area contributed by atoms with Crippen molar-refractivity contribution in [2.24, 2.45) is 0 Å². The first-order valence-corrected chi connectivity index (χ1v) is 8.06. The molecule has 0 saturated carbocycles. The number of morpholine rings is 1. The summed E-state index contributed by atoms with van der Waals surface area (Å²) < 4.78 is 11.2. The molecule has 0 aliphatic carbocycles.